The van der Waals surface area contributed by atoms with Gasteiger partial charge >= 0.3 is 0 Å². The molecule has 0 saturated carbocycles. The number of aryl methyl sites for hydroxylation is 1. The molecule has 0 saturated heterocycles. The van der Waals surface area contributed by atoms with Crippen LogP contribution < -0.4 is 5.73 Å². The van der Waals surface area contributed by atoms with Gasteiger partial charge in [0.1, 0.15) is 0 Å². The van der Waals surface area contributed by atoms with Gasteiger partial charge in [0, 0.05) is 18.3 Å². The predicted octanol–water partition coefficient (Wildman–Crippen LogP) is 3.96. The molecule has 0 aliphatic carbocycles. The van der Waals surface area contributed by atoms with Gasteiger partial charge in [0.05, 0.1) is 26.9 Å². The third-order valence-corrected chi connectivity index (χ3v) is 9.40. The molecule has 0 fully saturated rings. The lowest BCUT2D eigenvalue weighted by Crippen LogP contribution is -2.29. The zero-order chi connectivity index (χ0) is 28.8. The average Bonchev–Trinajstić information content (AvgIpc) is 3.50. The van der Waals surface area contributed by atoms with E-state index in [9.17, 15) is 21.2 Å². The monoisotopic (exact) mass is 578 g/mol. The zero-order valence-electron chi connectivity index (χ0n) is 21.4. The number of rotatable bonds is 6. The minimum absolute atomic E-state index is 0.0459. The molecule has 5 rings (SSSR count). The molecule has 40 heavy (non-hydrogen) atoms. The first kappa shape index (κ1) is 27.0. The van der Waals surface area contributed by atoms with Crippen LogP contribution in [-0.4, -0.2) is 49.5 Å². The van der Waals surface area contributed by atoms with E-state index in [-0.39, 0.29) is 32.2 Å². The van der Waals surface area contributed by atoms with Crippen molar-refractivity contribution < 1.29 is 21.2 Å². The lowest BCUT2D eigenvalue weighted by Gasteiger charge is -2.16. The van der Waals surface area contributed by atoms with E-state index < -0.39 is 26.0 Å². The van der Waals surface area contributed by atoms with Gasteiger partial charge < -0.3 is 5.73 Å². The van der Waals surface area contributed by atoms with Gasteiger partial charge in [-0.25, -0.2) is 0 Å². The average molecular weight is 579 g/mol. The molecule has 1 aliphatic heterocycles. The van der Waals surface area contributed by atoms with Crippen molar-refractivity contribution >= 4 is 54.3 Å². The van der Waals surface area contributed by atoms with Crippen LogP contribution >= 0.6 is 0 Å². The molecule has 0 radical (unpaired) electrons. The van der Waals surface area contributed by atoms with E-state index in [4.69, 9.17) is 5.73 Å². The Kier molecular flexibility index (Phi) is 6.64. The first-order chi connectivity index (χ1) is 18.9. The van der Waals surface area contributed by atoms with Crippen molar-refractivity contribution in [1.29, 1.82) is 0 Å². The van der Waals surface area contributed by atoms with Crippen molar-refractivity contribution in [2.75, 3.05) is 12.8 Å². The van der Waals surface area contributed by atoms with E-state index >= 15 is 0 Å². The normalized spacial score (nSPS) is 15.9. The summed E-state index contributed by atoms with van der Waals surface area (Å²) < 4.78 is 69.1. The maximum atomic E-state index is 14.8. The number of aliphatic imine (C=N–C) groups is 1. The molecule has 1 aliphatic rings. The number of hydrazone groups is 1. The predicted molar refractivity (Wildman–Crippen MR) is 152 cm³/mol. The molecule has 0 amide bonds. The van der Waals surface area contributed by atoms with Crippen molar-refractivity contribution in [2.24, 2.45) is 10.1 Å². The summed E-state index contributed by atoms with van der Waals surface area (Å²) in [7, 11) is -6.85. The smallest absolute Gasteiger partial charge is 0.284 e. The van der Waals surface area contributed by atoms with E-state index in [2.05, 4.69) is 21.8 Å². The summed E-state index contributed by atoms with van der Waals surface area (Å²) in [6.45, 7) is 5.87. The molecule has 10 nitrogen and oxygen atoms in total. The van der Waals surface area contributed by atoms with Crippen LogP contribution in [0.1, 0.15) is 11.1 Å². The van der Waals surface area contributed by atoms with Crippen molar-refractivity contribution in [3.63, 3.8) is 0 Å². The van der Waals surface area contributed by atoms with Crippen molar-refractivity contribution in [3.8, 4) is 0 Å². The number of nitrogens with two attached hydrogens (primary N) is 1. The second-order valence-electron chi connectivity index (χ2n) is 8.89. The van der Waals surface area contributed by atoms with Gasteiger partial charge in [-0.1, -0.05) is 42.5 Å². The number of sulfonamides is 1. The summed E-state index contributed by atoms with van der Waals surface area (Å²) in [4.78, 5) is 4.09. The zero-order valence-corrected chi connectivity index (χ0v) is 23.0. The lowest BCUT2D eigenvalue weighted by molar-refractivity contribution is 0.538. The Labute approximate surface area is 230 Å². The number of nitrogens with zero attached hydrogens (tertiary/aromatic N) is 5. The standard InChI is InChI=1S/C27H23FN6O4S2/c1-17-9-11-22(12-10-17)40(37,38)34-27(30-3)20(16-31-34)13-18(2)19-14-23(29)25-24(15-19)33(32-26(25)28)39(35,36)21-7-5-4-6-8-21/h4-16H,2,29H2,1,3H3. The number of anilines is 1. The number of halogens is 1. The van der Waals surface area contributed by atoms with Crippen LogP contribution in [0.3, 0.4) is 0 Å². The summed E-state index contributed by atoms with van der Waals surface area (Å²) >= 11 is 0. The van der Waals surface area contributed by atoms with Crippen LogP contribution in [0.4, 0.5) is 10.1 Å². The Balaban J connectivity index is 1.54. The van der Waals surface area contributed by atoms with Crippen LogP contribution in [0.15, 0.2) is 105 Å². The summed E-state index contributed by atoms with van der Waals surface area (Å²) in [6, 6.07) is 16.6. The summed E-state index contributed by atoms with van der Waals surface area (Å²) in [5.74, 6) is -0.985. The van der Waals surface area contributed by atoms with Crippen LogP contribution in [0.2, 0.25) is 0 Å². The Morgan fingerprint density at radius 1 is 1.00 bits per heavy atom. The number of benzene rings is 3. The maximum Gasteiger partial charge on any atom is 0.284 e. The molecule has 0 atom stereocenters. The second kappa shape index (κ2) is 9.84. The number of hydrogen-bond acceptors (Lipinski definition) is 8. The van der Waals surface area contributed by atoms with Gasteiger partial charge in [-0.3, -0.25) is 4.99 Å². The summed E-state index contributed by atoms with van der Waals surface area (Å²) in [6.07, 6.45) is 2.85. The minimum Gasteiger partial charge on any atom is -0.398 e. The first-order valence-electron chi connectivity index (χ1n) is 11.8. The molecule has 0 spiro atoms. The van der Waals surface area contributed by atoms with Crippen molar-refractivity contribution in [2.45, 2.75) is 16.7 Å². The fraction of sp³-hybridized carbons (Fsp3) is 0.0741. The number of fused-ring (bicyclic) bond motifs is 1. The Morgan fingerprint density at radius 2 is 1.65 bits per heavy atom. The highest BCUT2D eigenvalue weighted by atomic mass is 32.2. The van der Waals surface area contributed by atoms with E-state index in [0.717, 1.165) is 9.98 Å². The van der Waals surface area contributed by atoms with Gasteiger partial charge in [-0.05, 0) is 60.5 Å². The van der Waals surface area contributed by atoms with Crippen molar-refractivity contribution in [1.82, 2.24) is 13.6 Å². The number of amidine groups is 1. The molecular weight excluding hydrogens is 555 g/mol. The fourth-order valence-corrected chi connectivity index (χ4v) is 6.73. The second-order valence-corrected chi connectivity index (χ2v) is 12.4. The number of nitrogen functional groups attached to an aromatic ring is 1. The molecular formula is C27H23FN6O4S2. The van der Waals surface area contributed by atoms with Gasteiger partial charge in [0.2, 0.25) is 5.95 Å². The minimum atomic E-state index is -4.24. The van der Waals surface area contributed by atoms with Gasteiger partial charge in [-0.15, -0.1) is 9.51 Å². The molecule has 0 bridgehead atoms. The number of aromatic nitrogens is 2. The van der Waals surface area contributed by atoms with Crippen LogP contribution in [0.5, 0.6) is 0 Å². The highest BCUT2D eigenvalue weighted by Crippen LogP contribution is 2.32. The van der Waals surface area contributed by atoms with Crippen LogP contribution in [0, 0.1) is 12.9 Å². The third-order valence-electron chi connectivity index (χ3n) is 6.21. The quantitative estimate of drug-likeness (QED) is 0.344. The van der Waals surface area contributed by atoms with Gasteiger partial charge in [0.25, 0.3) is 20.0 Å². The summed E-state index contributed by atoms with van der Waals surface area (Å²) in [5, 5.41) is 7.52. The van der Waals surface area contributed by atoms with Crippen LogP contribution in [-0.2, 0) is 20.0 Å². The summed E-state index contributed by atoms with van der Waals surface area (Å²) in [5.41, 5.74) is 7.89. The molecule has 3 aromatic carbocycles. The third kappa shape index (κ3) is 4.48. The first-order valence-corrected chi connectivity index (χ1v) is 14.7. The molecule has 0 unspecified atom stereocenters. The van der Waals surface area contributed by atoms with Gasteiger partial charge in [0.15, 0.2) is 5.84 Å². The molecule has 4 aromatic rings. The number of allylic oxidation sites excluding steroid dienone is 2. The topological polar surface area (TPSA) is 140 Å². The largest absolute Gasteiger partial charge is 0.398 e. The molecule has 2 N–H and O–H groups in total. The van der Waals surface area contributed by atoms with E-state index in [1.54, 1.807) is 30.3 Å². The molecule has 204 valence electrons. The van der Waals surface area contributed by atoms with E-state index in [1.807, 2.05) is 6.92 Å². The van der Waals surface area contributed by atoms with E-state index in [1.165, 1.54) is 55.7 Å². The Morgan fingerprint density at radius 3 is 2.30 bits per heavy atom. The van der Waals surface area contributed by atoms with E-state index in [0.29, 0.717) is 20.8 Å². The SMILES string of the molecule is C=C(C=C1C=NN(S(=O)(=O)c2ccc(C)cc2)C1=NC)c1cc(N)c2c(F)nn(S(=O)(=O)c3ccccc3)c2c1. The molecule has 2 heterocycles. The van der Waals surface area contributed by atoms with Crippen LogP contribution in [0.25, 0.3) is 16.5 Å². The Bertz CT molecular complexity index is 1980. The van der Waals surface area contributed by atoms with Crippen molar-refractivity contribution in [3.05, 3.63) is 102 Å². The highest BCUT2D eigenvalue weighted by molar-refractivity contribution is 7.90. The van der Waals surface area contributed by atoms with Gasteiger partial charge in [-0.2, -0.15) is 30.4 Å². The maximum absolute atomic E-state index is 14.8. The highest BCUT2D eigenvalue weighted by Gasteiger charge is 2.33. The fourth-order valence-electron chi connectivity index (χ4n) is 4.18. The lowest BCUT2D eigenvalue weighted by atomic mass is 10.0. The number of hydrogen-bond donors (Lipinski definition) is 1. The molecule has 13 heteroatoms. The molecule has 1 aromatic heterocycles. The Hall–Kier alpha value is -4.62.